The van der Waals surface area contributed by atoms with Gasteiger partial charge < -0.3 is 4.90 Å². The SMILES string of the molecule is Cc1ccccc1C1NCC(=O)N1C1CCCSC1. The van der Waals surface area contributed by atoms with Crippen LogP contribution in [0, 0.1) is 6.92 Å². The standard InChI is InChI=1S/C15H20N2OS/c1-11-5-2-3-7-13(11)15-16-9-14(18)17(15)12-6-4-8-19-10-12/h2-3,5,7,12,15-16H,4,6,8-10H2,1H3. The van der Waals surface area contributed by atoms with Gasteiger partial charge in [-0.05, 0) is 36.6 Å². The van der Waals surface area contributed by atoms with E-state index in [4.69, 9.17) is 0 Å². The molecule has 2 heterocycles. The van der Waals surface area contributed by atoms with Crippen molar-refractivity contribution in [2.45, 2.75) is 32.0 Å². The Balaban J connectivity index is 1.87. The average Bonchev–Trinajstić information content (AvgIpc) is 2.82. The van der Waals surface area contributed by atoms with Crippen LogP contribution in [0.5, 0.6) is 0 Å². The molecule has 2 aliphatic rings. The molecule has 0 aliphatic carbocycles. The number of carbonyl (C=O) groups excluding carboxylic acids is 1. The molecule has 4 heteroatoms. The highest BCUT2D eigenvalue weighted by Gasteiger charge is 2.37. The Labute approximate surface area is 118 Å². The molecule has 2 saturated heterocycles. The van der Waals surface area contributed by atoms with E-state index < -0.39 is 0 Å². The quantitative estimate of drug-likeness (QED) is 0.900. The molecule has 1 aromatic carbocycles. The number of thioether (sulfide) groups is 1. The maximum absolute atomic E-state index is 12.2. The molecule has 3 rings (SSSR count). The summed E-state index contributed by atoms with van der Waals surface area (Å²) in [7, 11) is 0. The molecule has 0 saturated carbocycles. The third kappa shape index (κ3) is 2.51. The zero-order valence-corrected chi connectivity index (χ0v) is 12.1. The molecular weight excluding hydrogens is 256 g/mol. The van der Waals surface area contributed by atoms with Crippen LogP contribution in [-0.2, 0) is 4.79 Å². The highest BCUT2D eigenvalue weighted by atomic mass is 32.2. The van der Waals surface area contributed by atoms with Crippen molar-refractivity contribution in [2.75, 3.05) is 18.1 Å². The Bertz CT molecular complexity index is 471. The van der Waals surface area contributed by atoms with E-state index in [1.165, 1.54) is 23.3 Å². The van der Waals surface area contributed by atoms with Gasteiger partial charge in [-0.25, -0.2) is 0 Å². The Morgan fingerprint density at radius 2 is 2.21 bits per heavy atom. The lowest BCUT2D eigenvalue weighted by molar-refractivity contribution is -0.130. The number of hydrogen-bond acceptors (Lipinski definition) is 3. The molecule has 102 valence electrons. The molecule has 2 fully saturated rings. The maximum Gasteiger partial charge on any atom is 0.238 e. The van der Waals surface area contributed by atoms with Crippen LogP contribution in [0.3, 0.4) is 0 Å². The molecule has 0 radical (unpaired) electrons. The average molecular weight is 276 g/mol. The zero-order chi connectivity index (χ0) is 13.2. The van der Waals surface area contributed by atoms with Gasteiger partial charge in [-0.3, -0.25) is 10.1 Å². The van der Waals surface area contributed by atoms with Crippen molar-refractivity contribution < 1.29 is 4.79 Å². The Morgan fingerprint density at radius 1 is 1.37 bits per heavy atom. The van der Waals surface area contributed by atoms with E-state index in [0.29, 0.717) is 12.6 Å². The summed E-state index contributed by atoms with van der Waals surface area (Å²) in [5.41, 5.74) is 2.49. The van der Waals surface area contributed by atoms with E-state index in [-0.39, 0.29) is 12.1 Å². The Morgan fingerprint density at radius 3 is 2.95 bits per heavy atom. The van der Waals surface area contributed by atoms with E-state index in [1.54, 1.807) is 0 Å². The van der Waals surface area contributed by atoms with Crippen LogP contribution in [0.25, 0.3) is 0 Å². The molecule has 2 atom stereocenters. The van der Waals surface area contributed by atoms with Crippen LogP contribution < -0.4 is 5.32 Å². The van der Waals surface area contributed by atoms with E-state index in [0.717, 1.165) is 12.2 Å². The minimum Gasteiger partial charge on any atom is -0.318 e. The Kier molecular flexibility index (Phi) is 3.80. The van der Waals surface area contributed by atoms with Crippen LogP contribution >= 0.6 is 11.8 Å². The molecule has 1 N–H and O–H groups in total. The molecule has 0 aromatic heterocycles. The fraction of sp³-hybridized carbons (Fsp3) is 0.533. The van der Waals surface area contributed by atoms with Gasteiger partial charge in [0.25, 0.3) is 0 Å². The monoisotopic (exact) mass is 276 g/mol. The second-order valence-corrected chi connectivity index (χ2v) is 6.46. The maximum atomic E-state index is 12.2. The second kappa shape index (κ2) is 5.55. The lowest BCUT2D eigenvalue weighted by atomic mass is 10.0. The van der Waals surface area contributed by atoms with Gasteiger partial charge >= 0.3 is 0 Å². The van der Waals surface area contributed by atoms with Gasteiger partial charge in [-0.15, -0.1) is 0 Å². The summed E-state index contributed by atoms with van der Waals surface area (Å²) in [5.74, 6) is 2.57. The fourth-order valence-corrected chi connectivity index (χ4v) is 4.17. The van der Waals surface area contributed by atoms with Gasteiger partial charge in [-0.2, -0.15) is 11.8 Å². The number of benzene rings is 1. The lowest BCUT2D eigenvalue weighted by Crippen LogP contribution is -2.42. The first-order valence-electron chi connectivity index (χ1n) is 6.95. The summed E-state index contributed by atoms with van der Waals surface area (Å²) in [6.07, 6.45) is 2.43. The van der Waals surface area contributed by atoms with Gasteiger partial charge in [0.2, 0.25) is 5.91 Å². The van der Waals surface area contributed by atoms with Crippen LogP contribution in [-0.4, -0.2) is 34.9 Å². The number of rotatable bonds is 2. The molecule has 2 aliphatic heterocycles. The summed E-state index contributed by atoms with van der Waals surface area (Å²) in [6.45, 7) is 2.59. The molecule has 0 spiro atoms. The van der Waals surface area contributed by atoms with Gasteiger partial charge in [0.1, 0.15) is 6.17 Å². The summed E-state index contributed by atoms with van der Waals surface area (Å²) in [6, 6.07) is 8.75. The van der Waals surface area contributed by atoms with Crippen molar-refractivity contribution >= 4 is 17.7 Å². The molecule has 2 unspecified atom stereocenters. The summed E-state index contributed by atoms with van der Waals surface area (Å²) >= 11 is 1.97. The van der Waals surface area contributed by atoms with E-state index in [2.05, 4.69) is 41.4 Å². The van der Waals surface area contributed by atoms with Gasteiger partial charge in [0, 0.05) is 11.8 Å². The third-order valence-corrected chi connectivity index (χ3v) is 5.22. The fourth-order valence-electron chi connectivity index (χ4n) is 3.03. The minimum absolute atomic E-state index is 0.0670. The summed E-state index contributed by atoms with van der Waals surface area (Å²) < 4.78 is 0. The molecule has 3 nitrogen and oxygen atoms in total. The second-order valence-electron chi connectivity index (χ2n) is 5.31. The number of amides is 1. The van der Waals surface area contributed by atoms with Crippen LogP contribution in [0.1, 0.15) is 30.1 Å². The van der Waals surface area contributed by atoms with Crippen LogP contribution in [0.4, 0.5) is 0 Å². The van der Waals surface area contributed by atoms with E-state index in [1.807, 2.05) is 11.8 Å². The van der Waals surface area contributed by atoms with Crippen molar-refractivity contribution in [3.8, 4) is 0 Å². The molecular formula is C15H20N2OS. The lowest BCUT2D eigenvalue weighted by Gasteiger charge is -2.35. The van der Waals surface area contributed by atoms with Crippen molar-refractivity contribution in [3.63, 3.8) is 0 Å². The predicted octanol–water partition coefficient (Wildman–Crippen LogP) is 2.32. The normalized spacial score (nSPS) is 27.8. The number of aryl methyl sites for hydroxylation is 1. The smallest absolute Gasteiger partial charge is 0.238 e. The summed E-state index contributed by atoms with van der Waals surface area (Å²) in [5, 5.41) is 3.38. The number of hydrogen-bond donors (Lipinski definition) is 1. The van der Waals surface area contributed by atoms with Crippen molar-refractivity contribution in [1.82, 2.24) is 10.2 Å². The predicted molar refractivity (Wildman–Crippen MR) is 79.1 cm³/mol. The van der Waals surface area contributed by atoms with Crippen molar-refractivity contribution in [3.05, 3.63) is 35.4 Å². The largest absolute Gasteiger partial charge is 0.318 e. The molecule has 1 amide bonds. The van der Waals surface area contributed by atoms with Crippen molar-refractivity contribution in [1.29, 1.82) is 0 Å². The van der Waals surface area contributed by atoms with Gasteiger partial charge in [0.15, 0.2) is 0 Å². The first-order valence-corrected chi connectivity index (χ1v) is 8.10. The highest BCUT2D eigenvalue weighted by Crippen LogP contribution is 2.31. The summed E-state index contributed by atoms with van der Waals surface area (Å²) in [4.78, 5) is 14.3. The van der Waals surface area contributed by atoms with Gasteiger partial charge in [-0.1, -0.05) is 24.3 Å². The first kappa shape index (κ1) is 13.0. The number of carbonyl (C=O) groups is 1. The van der Waals surface area contributed by atoms with Crippen LogP contribution in [0.2, 0.25) is 0 Å². The first-order chi connectivity index (χ1) is 9.27. The number of nitrogens with one attached hydrogen (secondary N) is 1. The zero-order valence-electron chi connectivity index (χ0n) is 11.3. The third-order valence-electron chi connectivity index (χ3n) is 4.03. The molecule has 1 aromatic rings. The Hall–Kier alpha value is -1.00. The minimum atomic E-state index is 0.0670. The van der Waals surface area contributed by atoms with Crippen LogP contribution in [0.15, 0.2) is 24.3 Å². The highest BCUT2D eigenvalue weighted by molar-refractivity contribution is 7.99. The van der Waals surface area contributed by atoms with Gasteiger partial charge in [0.05, 0.1) is 6.54 Å². The molecule has 19 heavy (non-hydrogen) atoms. The number of nitrogens with zero attached hydrogens (tertiary/aromatic N) is 1. The van der Waals surface area contributed by atoms with E-state index in [9.17, 15) is 4.79 Å². The molecule has 0 bridgehead atoms. The van der Waals surface area contributed by atoms with Crippen molar-refractivity contribution in [2.24, 2.45) is 0 Å². The topological polar surface area (TPSA) is 32.3 Å². The van der Waals surface area contributed by atoms with E-state index >= 15 is 0 Å².